The summed E-state index contributed by atoms with van der Waals surface area (Å²) in [6.07, 6.45) is 3.99. The third-order valence-corrected chi connectivity index (χ3v) is 5.19. The number of nitrogens with zero attached hydrogens (tertiary/aromatic N) is 4. The van der Waals surface area contributed by atoms with E-state index in [1.165, 1.54) is 0 Å². The second-order valence-corrected chi connectivity index (χ2v) is 7.03. The van der Waals surface area contributed by atoms with Crippen LogP contribution in [0.25, 0.3) is 0 Å². The first-order valence-electron chi connectivity index (χ1n) is 9.08. The van der Waals surface area contributed by atoms with Gasteiger partial charge < -0.3 is 20.4 Å². The zero-order valence-corrected chi connectivity index (χ0v) is 16.6. The molecule has 0 radical (unpaired) electrons. The third-order valence-electron chi connectivity index (χ3n) is 4.89. The quantitative estimate of drug-likeness (QED) is 0.572. The fourth-order valence-electron chi connectivity index (χ4n) is 2.95. The number of likely N-dealkylation sites (N-methyl/N-ethyl adjacent to an activating group) is 1. The van der Waals surface area contributed by atoms with Crippen molar-refractivity contribution in [3.8, 4) is 0 Å². The van der Waals surface area contributed by atoms with Crippen molar-refractivity contribution in [2.45, 2.75) is 38.8 Å². The summed E-state index contributed by atoms with van der Waals surface area (Å²) in [5.74, 6) is 1.73. The Bertz CT molecular complexity index is 564. The molecule has 2 unspecified atom stereocenters. The van der Waals surface area contributed by atoms with Crippen molar-refractivity contribution >= 4 is 23.4 Å². The summed E-state index contributed by atoms with van der Waals surface area (Å²) >= 11 is 6.26. The molecule has 0 saturated carbocycles. The minimum atomic E-state index is 0.344. The van der Waals surface area contributed by atoms with Crippen LogP contribution in [0.2, 0.25) is 5.02 Å². The standard InChI is InChI=1S/C18H31ClN6/c1-5-14(2)24(4)12-10-22-18(20-3)23-15-8-11-25(13-15)17-16(19)7-6-9-21-17/h6-7,9,14-15H,5,8,10-13H2,1-4H3,(H2,20,22,23). The Kier molecular flexibility index (Phi) is 7.78. The molecule has 0 bridgehead atoms. The monoisotopic (exact) mass is 366 g/mol. The Hall–Kier alpha value is -1.53. The third kappa shape index (κ3) is 5.75. The fourth-order valence-corrected chi connectivity index (χ4v) is 3.19. The largest absolute Gasteiger partial charge is 0.355 e. The number of halogens is 1. The van der Waals surface area contributed by atoms with Crippen molar-refractivity contribution in [1.29, 1.82) is 0 Å². The smallest absolute Gasteiger partial charge is 0.191 e. The SMILES string of the molecule is CCC(C)N(C)CCNC(=NC)NC1CCN(c2ncccc2Cl)C1. The van der Waals surface area contributed by atoms with Gasteiger partial charge in [0.25, 0.3) is 0 Å². The molecular weight excluding hydrogens is 336 g/mol. The normalized spacial score (nSPS) is 19.4. The van der Waals surface area contributed by atoms with Crippen molar-refractivity contribution in [2.75, 3.05) is 45.2 Å². The number of pyridine rings is 1. The molecule has 1 aromatic heterocycles. The summed E-state index contributed by atoms with van der Waals surface area (Å²) in [7, 11) is 3.98. The summed E-state index contributed by atoms with van der Waals surface area (Å²) < 4.78 is 0. The lowest BCUT2D eigenvalue weighted by Crippen LogP contribution is -2.47. The Morgan fingerprint density at radius 3 is 3.04 bits per heavy atom. The highest BCUT2D eigenvalue weighted by Crippen LogP contribution is 2.25. The molecule has 0 aromatic carbocycles. The van der Waals surface area contributed by atoms with Crippen LogP contribution in [0.15, 0.2) is 23.3 Å². The van der Waals surface area contributed by atoms with E-state index in [0.717, 1.165) is 50.8 Å². The highest BCUT2D eigenvalue weighted by atomic mass is 35.5. The number of aliphatic imine (C=N–C) groups is 1. The maximum Gasteiger partial charge on any atom is 0.191 e. The van der Waals surface area contributed by atoms with Crippen molar-refractivity contribution < 1.29 is 0 Å². The fraction of sp³-hybridized carbons (Fsp3) is 0.667. The van der Waals surface area contributed by atoms with Crippen molar-refractivity contribution in [2.24, 2.45) is 4.99 Å². The number of aromatic nitrogens is 1. The van der Waals surface area contributed by atoms with Gasteiger partial charge in [0, 0.05) is 51.5 Å². The average Bonchev–Trinajstić information content (AvgIpc) is 3.08. The van der Waals surface area contributed by atoms with Gasteiger partial charge in [0.2, 0.25) is 0 Å². The minimum Gasteiger partial charge on any atom is -0.355 e. The molecule has 1 aromatic rings. The van der Waals surface area contributed by atoms with Crippen molar-refractivity contribution in [1.82, 2.24) is 20.5 Å². The van der Waals surface area contributed by atoms with E-state index in [1.807, 2.05) is 19.2 Å². The summed E-state index contributed by atoms with van der Waals surface area (Å²) in [5.41, 5.74) is 0. The summed E-state index contributed by atoms with van der Waals surface area (Å²) in [4.78, 5) is 13.3. The summed E-state index contributed by atoms with van der Waals surface area (Å²) in [5, 5.41) is 7.63. The van der Waals surface area contributed by atoms with Gasteiger partial charge in [-0.3, -0.25) is 4.99 Å². The van der Waals surface area contributed by atoms with Gasteiger partial charge in [0.1, 0.15) is 5.82 Å². The Morgan fingerprint density at radius 2 is 2.36 bits per heavy atom. The summed E-state index contributed by atoms with van der Waals surface area (Å²) in [6, 6.07) is 4.69. The summed E-state index contributed by atoms with van der Waals surface area (Å²) in [6.45, 7) is 8.17. The van der Waals surface area contributed by atoms with Crippen molar-refractivity contribution in [3.63, 3.8) is 0 Å². The Balaban J connectivity index is 1.78. The van der Waals surface area contributed by atoms with Crippen LogP contribution in [-0.4, -0.2) is 68.2 Å². The van der Waals surface area contributed by atoms with Gasteiger partial charge in [-0.2, -0.15) is 0 Å². The van der Waals surface area contributed by atoms with Crippen LogP contribution in [-0.2, 0) is 0 Å². The molecule has 25 heavy (non-hydrogen) atoms. The number of rotatable bonds is 7. The van der Waals surface area contributed by atoms with E-state index in [1.54, 1.807) is 6.20 Å². The van der Waals surface area contributed by atoms with E-state index in [9.17, 15) is 0 Å². The first-order valence-corrected chi connectivity index (χ1v) is 9.45. The van der Waals surface area contributed by atoms with E-state index in [4.69, 9.17) is 11.6 Å². The molecule has 7 heteroatoms. The minimum absolute atomic E-state index is 0.344. The van der Waals surface area contributed by atoms with E-state index in [0.29, 0.717) is 17.1 Å². The highest BCUT2D eigenvalue weighted by Gasteiger charge is 2.25. The lowest BCUT2D eigenvalue weighted by molar-refractivity contribution is 0.255. The van der Waals surface area contributed by atoms with Gasteiger partial charge in [0.15, 0.2) is 5.96 Å². The highest BCUT2D eigenvalue weighted by molar-refractivity contribution is 6.32. The number of anilines is 1. The molecule has 2 heterocycles. The molecule has 6 nitrogen and oxygen atoms in total. The second kappa shape index (κ2) is 9.82. The molecular formula is C18H31ClN6. The van der Waals surface area contributed by atoms with Crippen LogP contribution < -0.4 is 15.5 Å². The molecule has 140 valence electrons. The van der Waals surface area contributed by atoms with Gasteiger partial charge in [-0.15, -0.1) is 0 Å². The molecule has 0 amide bonds. The maximum atomic E-state index is 6.26. The van der Waals surface area contributed by atoms with Crippen LogP contribution in [0.5, 0.6) is 0 Å². The lowest BCUT2D eigenvalue weighted by Gasteiger charge is -2.24. The van der Waals surface area contributed by atoms with E-state index >= 15 is 0 Å². The molecule has 2 atom stereocenters. The number of hydrogen-bond acceptors (Lipinski definition) is 4. The van der Waals surface area contributed by atoms with E-state index in [-0.39, 0.29) is 0 Å². The van der Waals surface area contributed by atoms with Crippen LogP contribution in [0.1, 0.15) is 26.7 Å². The zero-order valence-electron chi connectivity index (χ0n) is 15.8. The van der Waals surface area contributed by atoms with Gasteiger partial charge in [0.05, 0.1) is 5.02 Å². The van der Waals surface area contributed by atoms with Gasteiger partial charge >= 0.3 is 0 Å². The number of guanidine groups is 1. The topological polar surface area (TPSA) is 55.8 Å². The Labute approximate surface area is 156 Å². The second-order valence-electron chi connectivity index (χ2n) is 6.62. The first kappa shape index (κ1) is 19.8. The number of hydrogen-bond donors (Lipinski definition) is 2. The van der Waals surface area contributed by atoms with Gasteiger partial charge in [-0.25, -0.2) is 4.98 Å². The first-order chi connectivity index (χ1) is 12.0. The lowest BCUT2D eigenvalue weighted by atomic mass is 10.2. The predicted octanol–water partition coefficient (Wildman–Crippen LogP) is 2.21. The molecule has 1 aliphatic rings. The molecule has 2 N–H and O–H groups in total. The molecule has 1 fully saturated rings. The molecule has 1 saturated heterocycles. The van der Waals surface area contributed by atoms with Crippen LogP contribution in [0, 0.1) is 0 Å². The van der Waals surface area contributed by atoms with Gasteiger partial charge in [-0.05, 0) is 38.9 Å². The van der Waals surface area contributed by atoms with Gasteiger partial charge in [-0.1, -0.05) is 18.5 Å². The average molecular weight is 367 g/mol. The van der Waals surface area contributed by atoms with Crippen LogP contribution in [0.3, 0.4) is 0 Å². The Morgan fingerprint density at radius 1 is 1.56 bits per heavy atom. The predicted molar refractivity (Wildman–Crippen MR) is 107 cm³/mol. The van der Waals surface area contributed by atoms with Crippen LogP contribution in [0.4, 0.5) is 5.82 Å². The van der Waals surface area contributed by atoms with Crippen molar-refractivity contribution in [3.05, 3.63) is 23.4 Å². The van der Waals surface area contributed by atoms with E-state index in [2.05, 4.69) is 51.3 Å². The number of nitrogens with one attached hydrogen (secondary N) is 2. The van der Waals surface area contributed by atoms with E-state index < -0.39 is 0 Å². The molecule has 1 aliphatic heterocycles. The zero-order chi connectivity index (χ0) is 18.2. The van der Waals surface area contributed by atoms with Crippen LogP contribution >= 0.6 is 11.6 Å². The molecule has 0 aliphatic carbocycles. The molecule has 0 spiro atoms. The molecule has 2 rings (SSSR count). The maximum absolute atomic E-state index is 6.26.